The van der Waals surface area contributed by atoms with Crippen LogP contribution >= 0.6 is 0 Å². The molecule has 1 aromatic heterocycles. The summed E-state index contributed by atoms with van der Waals surface area (Å²) in [5.74, 6) is -1.16. The summed E-state index contributed by atoms with van der Waals surface area (Å²) in [6, 6.07) is 31.5. The topological polar surface area (TPSA) is 63.2 Å². The van der Waals surface area contributed by atoms with Gasteiger partial charge in [0.15, 0.2) is 22.9 Å². The third kappa shape index (κ3) is 4.67. The standard InChI is InChI=1S/C36H32N2O3/c1-3-4-22-37-23-38(30-17-11-10-16-29(30)37)33(34(39)26-12-6-5-7-13-26)31(25-20-18-24(2)19-21-25)32-35(40)27-14-8-9-15-28(27)36(32)41/h5-21,23,31,33H,3-4,22H2,1-2H3/p+1/t31-,33+/m1/s1. The molecule has 0 amide bonds. The number of ketones is 2. The number of Topliss-reactive ketones (excluding diaryl/α,β-unsaturated/α-hetero) is 2. The van der Waals surface area contributed by atoms with Gasteiger partial charge in [-0.2, -0.15) is 0 Å². The number of carbonyl (C=O) groups is 2. The number of aromatic nitrogens is 2. The summed E-state index contributed by atoms with van der Waals surface area (Å²) in [7, 11) is 0. The van der Waals surface area contributed by atoms with E-state index in [-0.39, 0.29) is 22.9 Å². The number of carbonyl (C=O) groups excluding carboxylic acids is 2. The molecule has 1 aliphatic carbocycles. The molecule has 1 aliphatic rings. The summed E-state index contributed by atoms with van der Waals surface area (Å²) in [6.45, 7) is 4.98. The molecule has 0 spiro atoms. The van der Waals surface area contributed by atoms with Crippen molar-refractivity contribution in [1.29, 1.82) is 0 Å². The number of fused-ring (bicyclic) bond motifs is 2. The van der Waals surface area contributed by atoms with Crippen LogP contribution in [0, 0.1) is 6.92 Å². The molecule has 1 N–H and O–H groups in total. The van der Waals surface area contributed by atoms with Crippen LogP contribution in [0.3, 0.4) is 0 Å². The van der Waals surface area contributed by atoms with Gasteiger partial charge in [-0.25, -0.2) is 9.13 Å². The van der Waals surface area contributed by atoms with Gasteiger partial charge in [0.2, 0.25) is 12.1 Å². The van der Waals surface area contributed by atoms with Crippen LogP contribution in [0.15, 0.2) is 115 Å². The number of rotatable bonds is 9. The number of para-hydroxylation sites is 2. The lowest BCUT2D eigenvalue weighted by atomic mass is 9.79. The number of aryl methyl sites for hydroxylation is 2. The van der Waals surface area contributed by atoms with E-state index in [1.807, 2.05) is 96.7 Å². The molecule has 0 unspecified atom stereocenters. The van der Waals surface area contributed by atoms with Gasteiger partial charge in [-0.15, -0.1) is 0 Å². The first-order chi connectivity index (χ1) is 20.0. The maximum Gasteiger partial charge on any atom is 0.245 e. The fraction of sp³-hybridized carbons (Fsp3) is 0.194. The van der Waals surface area contributed by atoms with Gasteiger partial charge < -0.3 is 5.11 Å². The molecule has 0 radical (unpaired) electrons. The Morgan fingerprint density at radius 2 is 1.51 bits per heavy atom. The van der Waals surface area contributed by atoms with Gasteiger partial charge >= 0.3 is 0 Å². The number of hydrogen-bond acceptors (Lipinski definition) is 3. The smallest absolute Gasteiger partial charge is 0.245 e. The van der Waals surface area contributed by atoms with Gasteiger partial charge in [0.1, 0.15) is 5.76 Å². The van der Waals surface area contributed by atoms with Crippen molar-refractivity contribution in [3.63, 3.8) is 0 Å². The van der Waals surface area contributed by atoms with E-state index in [0.717, 1.165) is 41.5 Å². The molecule has 204 valence electrons. The molecular weight excluding hydrogens is 508 g/mol. The Morgan fingerprint density at radius 3 is 2.22 bits per heavy atom. The van der Waals surface area contributed by atoms with Crippen molar-refractivity contribution >= 4 is 28.4 Å². The molecule has 4 aromatic carbocycles. The van der Waals surface area contributed by atoms with Crippen molar-refractivity contribution < 1.29 is 19.3 Å². The highest BCUT2D eigenvalue weighted by molar-refractivity contribution is 6.21. The molecular formula is C36H33N2O3+. The second kappa shape index (κ2) is 11.0. The van der Waals surface area contributed by atoms with Crippen molar-refractivity contribution in [2.24, 2.45) is 0 Å². The fourth-order valence-electron chi connectivity index (χ4n) is 5.99. The van der Waals surface area contributed by atoms with Gasteiger partial charge in [-0.05, 0) is 31.0 Å². The normalized spacial score (nSPS) is 14.3. The van der Waals surface area contributed by atoms with Crippen molar-refractivity contribution in [1.82, 2.24) is 4.57 Å². The molecule has 0 bridgehead atoms. The summed E-state index contributed by atoms with van der Waals surface area (Å²) < 4.78 is 4.21. The number of hydrogen-bond donors (Lipinski definition) is 1. The Morgan fingerprint density at radius 1 is 0.854 bits per heavy atom. The number of allylic oxidation sites excluding steroid dienone is 1. The number of benzene rings is 4. The minimum absolute atomic E-state index is 0.0580. The number of unbranched alkanes of at least 4 members (excludes halogenated alkanes) is 1. The summed E-state index contributed by atoms with van der Waals surface area (Å²) in [5.41, 5.74) is 5.56. The molecule has 5 nitrogen and oxygen atoms in total. The highest BCUT2D eigenvalue weighted by Gasteiger charge is 2.45. The average Bonchev–Trinajstić information content (AvgIpc) is 3.49. The lowest BCUT2D eigenvalue weighted by molar-refractivity contribution is -0.672. The van der Waals surface area contributed by atoms with Gasteiger partial charge in [0.05, 0.1) is 18.0 Å². The van der Waals surface area contributed by atoms with E-state index in [9.17, 15) is 14.7 Å². The first-order valence-electron chi connectivity index (χ1n) is 14.2. The van der Waals surface area contributed by atoms with E-state index >= 15 is 0 Å². The quantitative estimate of drug-likeness (QED) is 0.156. The van der Waals surface area contributed by atoms with Crippen molar-refractivity contribution in [2.75, 3.05) is 0 Å². The van der Waals surface area contributed by atoms with Crippen LogP contribution in [0.4, 0.5) is 0 Å². The molecule has 0 saturated heterocycles. The Balaban J connectivity index is 1.65. The zero-order chi connectivity index (χ0) is 28.5. The maximum absolute atomic E-state index is 14.7. The molecule has 2 atom stereocenters. The number of imidazole rings is 1. The molecule has 1 heterocycles. The first kappa shape index (κ1) is 26.5. The predicted molar refractivity (Wildman–Crippen MR) is 161 cm³/mol. The number of aliphatic hydroxyl groups is 1. The van der Waals surface area contributed by atoms with Gasteiger partial charge in [-0.3, -0.25) is 9.59 Å². The second-order valence-electron chi connectivity index (χ2n) is 10.8. The van der Waals surface area contributed by atoms with Crippen LogP contribution < -0.4 is 4.57 Å². The van der Waals surface area contributed by atoms with Crippen molar-refractivity contribution in [3.05, 3.63) is 143 Å². The Labute approximate surface area is 240 Å². The molecule has 0 saturated carbocycles. The molecule has 6 rings (SSSR count). The third-order valence-electron chi connectivity index (χ3n) is 8.10. The molecule has 0 aliphatic heterocycles. The van der Waals surface area contributed by atoms with E-state index < -0.39 is 12.0 Å². The number of nitrogens with zero attached hydrogens (tertiary/aromatic N) is 2. The average molecular weight is 542 g/mol. The maximum atomic E-state index is 14.7. The lowest BCUT2D eigenvalue weighted by Gasteiger charge is -2.26. The van der Waals surface area contributed by atoms with Gasteiger partial charge in [0, 0.05) is 16.7 Å². The van der Waals surface area contributed by atoms with Crippen molar-refractivity contribution in [2.45, 2.75) is 45.2 Å². The Bertz CT molecular complexity index is 1780. The molecule has 41 heavy (non-hydrogen) atoms. The van der Waals surface area contributed by atoms with E-state index in [1.54, 1.807) is 18.2 Å². The minimum Gasteiger partial charge on any atom is -0.507 e. The van der Waals surface area contributed by atoms with E-state index in [0.29, 0.717) is 16.7 Å². The zero-order valence-corrected chi connectivity index (χ0v) is 23.3. The minimum atomic E-state index is -0.830. The monoisotopic (exact) mass is 541 g/mol. The van der Waals surface area contributed by atoms with Crippen molar-refractivity contribution in [3.8, 4) is 0 Å². The molecule has 5 aromatic rings. The largest absolute Gasteiger partial charge is 0.507 e. The van der Waals surface area contributed by atoms with Crippen LogP contribution in [0.5, 0.6) is 0 Å². The van der Waals surface area contributed by atoms with Crippen LogP contribution in [-0.2, 0) is 6.54 Å². The molecule has 5 heteroatoms. The van der Waals surface area contributed by atoms with Gasteiger partial charge in [0.25, 0.3) is 0 Å². The fourth-order valence-corrected chi connectivity index (χ4v) is 5.99. The van der Waals surface area contributed by atoms with E-state index in [4.69, 9.17) is 0 Å². The van der Waals surface area contributed by atoms with E-state index in [1.165, 1.54) is 0 Å². The Hall–Kier alpha value is -4.77. The predicted octanol–water partition coefficient (Wildman–Crippen LogP) is 7.41. The lowest BCUT2D eigenvalue weighted by Crippen LogP contribution is -2.34. The molecule has 0 fully saturated rings. The highest BCUT2D eigenvalue weighted by atomic mass is 16.3. The summed E-state index contributed by atoms with van der Waals surface area (Å²) >= 11 is 0. The second-order valence-corrected chi connectivity index (χ2v) is 10.8. The SMILES string of the molecule is CCCC[n+]1cn([C@H](C(=O)c2ccccc2)[C@@H](C2=C(O)c3ccccc3C2=O)c2ccc(C)cc2)c2ccccc21. The highest BCUT2D eigenvalue weighted by Crippen LogP contribution is 2.46. The first-order valence-corrected chi connectivity index (χ1v) is 14.2. The van der Waals surface area contributed by atoms with Crippen LogP contribution in [0.2, 0.25) is 0 Å². The van der Waals surface area contributed by atoms with Crippen LogP contribution in [-0.4, -0.2) is 21.2 Å². The zero-order valence-electron chi connectivity index (χ0n) is 23.3. The summed E-state index contributed by atoms with van der Waals surface area (Å²) in [5, 5.41) is 11.6. The third-order valence-corrected chi connectivity index (χ3v) is 8.10. The number of aliphatic hydroxyl groups excluding tert-OH is 1. The van der Waals surface area contributed by atoms with Gasteiger partial charge in [-0.1, -0.05) is 110 Å². The summed E-state index contributed by atoms with van der Waals surface area (Å²) in [6.07, 6.45) is 4.05. The van der Waals surface area contributed by atoms with Crippen LogP contribution in [0.25, 0.3) is 16.8 Å². The van der Waals surface area contributed by atoms with Crippen LogP contribution in [0.1, 0.15) is 69.1 Å². The van der Waals surface area contributed by atoms with E-state index in [2.05, 4.69) is 17.6 Å². The summed E-state index contributed by atoms with van der Waals surface area (Å²) in [4.78, 5) is 28.7. The Kier molecular flexibility index (Phi) is 7.10.